The van der Waals surface area contributed by atoms with E-state index in [9.17, 15) is 0 Å². The summed E-state index contributed by atoms with van der Waals surface area (Å²) < 4.78 is 5.98. The predicted molar refractivity (Wildman–Crippen MR) is 62.3 cm³/mol. The Hall–Kier alpha value is -1.02. The van der Waals surface area contributed by atoms with E-state index in [-0.39, 0.29) is 0 Å². The summed E-state index contributed by atoms with van der Waals surface area (Å²) >= 11 is 0. The molecule has 0 aliphatic heterocycles. The molecule has 82 valence electrons. The van der Waals surface area contributed by atoms with Gasteiger partial charge < -0.3 is 10.5 Å². The predicted octanol–water partition coefficient (Wildman–Crippen LogP) is 2.48. The van der Waals surface area contributed by atoms with E-state index in [1.807, 2.05) is 0 Å². The smallest absolute Gasteiger partial charge is 0.125 e. The van der Waals surface area contributed by atoms with Gasteiger partial charge in [0.2, 0.25) is 0 Å². The van der Waals surface area contributed by atoms with E-state index in [1.54, 1.807) is 0 Å². The Labute approximate surface area is 91.4 Å². The van der Waals surface area contributed by atoms with Crippen molar-refractivity contribution < 1.29 is 4.74 Å². The summed E-state index contributed by atoms with van der Waals surface area (Å²) in [5.41, 5.74) is 9.52. The van der Waals surface area contributed by atoms with Crippen LogP contribution in [0.2, 0.25) is 0 Å². The quantitative estimate of drug-likeness (QED) is 0.805. The molecule has 2 heteroatoms. The monoisotopic (exact) mass is 205 g/mol. The minimum absolute atomic E-state index is 0.333. The van der Waals surface area contributed by atoms with Gasteiger partial charge in [-0.05, 0) is 50.3 Å². The maximum absolute atomic E-state index is 5.98. The van der Waals surface area contributed by atoms with Gasteiger partial charge in [-0.25, -0.2) is 0 Å². The van der Waals surface area contributed by atoms with Crippen molar-refractivity contribution in [2.24, 2.45) is 5.73 Å². The van der Waals surface area contributed by atoms with Crippen LogP contribution in [-0.2, 0) is 0 Å². The fourth-order valence-electron chi connectivity index (χ4n) is 1.98. The molecule has 0 unspecified atom stereocenters. The van der Waals surface area contributed by atoms with Crippen molar-refractivity contribution in [2.75, 3.05) is 0 Å². The zero-order chi connectivity index (χ0) is 11.0. The third kappa shape index (κ3) is 2.00. The Balaban J connectivity index is 2.16. The first-order valence-electron chi connectivity index (χ1n) is 5.57. The molecule has 1 aliphatic rings. The molecule has 15 heavy (non-hydrogen) atoms. The molecule has 0 radical (unpaired) electrons. The van der Waals surface area contributed by atoms with Gasteiger partial charge in [0.1, 0.15) is 11.9 Å². The lowest BCUT2D eigenvalue weighted by molar-refractivity contribution is 0.0992. The largest absolute Gasteiger partial charge is 0.490 e. The van der Waals surface area contributed by atoms with Gasteiger partial charge in [0.15, 0.2) is 0 Å². The zero-order valence-electron chi connectivity index (χ0n) is 9.71. The highest BCUT2D eigenvalue weighted by atomic mass is 16.5. The third-order valence-electron chi connectivity index (χ3n) is 3.29. The van der Waals surface area contributed by atoms with Gasteiger partial charge in [-0.15, -0.1) is 0 Å². The molecule has 0 spiro atoms. The van der Waals surface area contributed by atoms with Crippen LogP contribution in [0.3, 0.4) is 0 Å². The molecular weight excluding hydrogens is 186 g/mol. The summed E-state index contributed by atoms with van der Waals surface area (Å²) in [5.74, 6) is 1.06. The van der Waals surface area contributed by atoms with Gasteiger partial charge in [-0.3, -0.25) is 0 Å². The van der Waals surface area contributed by atoms with Crippen LogP contribution in [-0.4, -0.2) is 12.1 Å². The zero-order valence-corrected chi connectivity index (χ0v) is 9.71. The fourth-order valence-corrected chi connectivity index (χ4v) is 1.98. The van der Waals surface area contributed by atoms with Gasteiger partial charge in [0.05, 0.1) is 0 Å². The highest BCUT2D eigenvalue weighted by molar-refractivity contribution is 5.44. The molecular formula is C13H19NO. The minimum atomic E-state index is 0.333. The number of hydrogen-bond acceptors (Lipinski definition) is 2. The van der Waals surface area contributed by atoms with Crippen molar-refractivity contribution in [3.8, 4) is 5.75 Å². The summed E-state index contributed by atoms with van der Waals surface area (Å²) in [5, 5.41) is 0. The number of benzene rings is 1. The molecule has 0 saturated heterocycles. The molecule has 0 amide bonds. The van der Waals surface area contributed by atoms with Crippen LogP contribution in [0.4, 0.5) is 0 Å². The van der Waals surface area contributed by atoms with Gasteiger partial charge in [-0.2, -0.15) is 0 Å². The first kappa shape index (κ1) is 10.5. The Morgan fingerprint density at radius 1 is 1.13 bits per heavy atom. The molecule has 0 bridgehead atoms. The Morgan fingerprint density at radius 2 is 1.73 bits per heavy atom. The Kier molecular flexibility index (Phi) is 2.70. The SMILES string of the molecule is Cc1ccc(C)c(OC2CC(N)C2)c1C. The highest BCUT2D eigenvalue weighted by Gasteiger charge is 2.28. The second-order valence-electron chi connectivity index (χ2n) is 4.62. The number of aryl methyl sites for hydroxylation is 2. The van der Waals surface area contributed by atoms with E-state index in [2.05, 4.69) is 32.9 Å². The van der Waals surface area contributed by atoms with Crippen LogP contribution in [0.1, 0.15) is 29.5 Å². The molecule has 2 rings (SSSR count). The molecule has 1 saturated carbocycles. The van der Waals surface area contributed by atoms with Crippen LogP contribution in [0.25, 0.3) is 0 Å². The topological polar surface area (TPSA) is 35.2 Å². The van der Waals surface area contributed by atoms with Crippen molar-refractivity contribution in [2.45, 2.75) is 45.8 Å². The summed E-state index contributed by atoms with van der Waals surface area (Å²) in [4.78, 5) is 0. The molecule has 1 aromatic rings. The van der Waals surface area contributed by atoms with Crippen LogP contribution in [0, 0.1) is 20.8 Å². The Morgan fingerprint density at radius 3 is 2.33 bits per heavy atom. The lowest BCUT2D eigenvalue weighted by atomic mass is 9.90. The highest BCUT2D eigenvalue weighted by Crippen LogP contribution is 2.31. The first-order valence-corrected chi connectivity index (χ1v) is 5.57. The molecule has 1 aliphatic carbocycles. The van der Waals surface area contributed by atoms with Crippen molar-refractivity contribution in [3.63, 3.8) is 0 Å². The van der Waals surface area contributed by atoms with E-state index in [4.69, 9.17) is 10.5 Å². The van der Waals surface area contributed by atoms with Crippen LogP contribution in [0.5, 0.6) is 5.75 Å². The van der Waals surface area contributed by atoms with Crippen molar-refractivity contribution in [1.29, 1.82) is 0 Å². The second-order valence-corrected chi connectivity index (χ2v) is 4.62. The normalized spacial score (nSPS) is 24.8. The average molecular weight is 205 g/mol. The van der Waals surface area contributed by atoms with Crippen molar-refractivity contribution in [1.82, 2.24) is 0 Å². The summed E-state index contributed by atoms with van der Waals surface area (Å²) in [6.45, 7) is 6.34. The lowest BCUT2D eigenvalue weighted by Crippen LogP contribution is -2.43. The molecule has 0 atom stereocenters. The van der Waals surface area contributed by atoms with Crippen molar-refractivity contribution >= 4 is 0 Å². The maximum atomic E-state index is 5.98. The molecule has 0 aromatic heterocycles. The fraction of sp³-hybridized carbons (Fsp3) is 0.538. The minimum Gasteiger partial charge on any atom is -0.490 e. The van der Waals surface area contributed by atoms with Crippen LogP contribution < -0.4 is 10.5 Å². The summed E-state index contributed by atoms with van der Waals surface area (Å²) in [6.07, 6.45) is 2.32. The van der Waals surface area contributed by atoms with Gasteiger partial charge in [0.25, 0.3) is 0 Å². The average Bonchev–Trinajstić information content (AvgIpc) is 2.15. The molecule has 1 fully saturated rings. The lowest BCUT2D eigenvalue weighted by Gasteiger charge is -2.33. The van der Waals surface area contributed by atoms with Crippen LogP contribution in [0.15, 0.2) is 12.1 Å². The standard InChI is InChI=1S/C13H19NO/c1-8-4-5-9(2)13(10(8)3)15-12-6-11(14)7-12/h4-5,11-12H,6-7,14H2,1-3H3. The maximum Gasteiger partial charge on any atom is 0.125 e. The van der Waals surface area contributed by atoms with E-state index < -0.39 is 0 Å². The molecule has 0 heterocycles. The van der Waals surface area contributed by atoms with Gasteiger partial charge >= 0.3 is 0 Å². The van der Waals surface area contributed by atoms with E-state index >= 15 is 0 Å². The number of rotatable bonds is 2. The second kappa shape index (κ2) is 3.86. The summed E-state index contributed by atoms with van der Waals surface area (Å²) in [7, 11) is 0. The number of nitrogens with two attached hydrogens (primary N) is 1. The van der Waals surface area contributed by atoms with Gasteiger partial charge in [0, 0.05) is 6.04 Å². The molecule has 2 nitrogen and oxygen atoms in total. The Bertz CT molecular complexity index is 367. The number of ether oxygens (including phenoxy) is 1. The van der Waals surface area contributed by atoms with E-state index in [1.165, 1.54) is 16.7 Å². The van der Waals surface area contributed by atoms with Gasteiger partial charge in [-0.1, -0.05) is 12.1 Å². The molecule has 2 N–H and O–H groups in total. The van der Waals surface area contributed by atoms with Crippen molar-refractivity contribution in [3.05, 3.63) is 28.8 Å². The van der Waals surface area contributed by atoms with Crippen LogP contribution >= 0.6 is 0 Å². The number of hydrogen-bond donors (Lipinski definition) is 1. The van der Waals surface area contributed by atoms with E-state index in [0.29, 0.717) is 12.1 Å². The summed E-state index contributed by atoms with van der Waals surface area (Å²) in [6, 6.07) is 4.61. The first-order chi connectivity index (χ1) is 7.08. The molecule has 1 aromatic carbocycles. The third-order valence-corrected chi connectivity index (χ3v) is 3.29. The van der Waals surface area contributed by atoms with E-state index in [0.717, 1.165) is 18.6 Å².